The molecular weight excluding hydrogens is 310 g/mol. The molecule has 1 atom stereocenters. The van der Waals surface area contributed by atoms with Crippen molar-refractivity contribution in [1.29, 1.82) is 0 Å². The summed E-state index contributed by atoms with van der Waals surface area (Å²) in [5.41, 5.74) is 0. The molecule has 6 heteroatoms. The molecule has 0 aromatic carbocycles. The van der Waals surface area contributed by atoms with Crippen LogP contribution in [0.5, 0.6) is 0 Å². The van der Waals surface area contributed by atoms with Gasteiger partial charge in [-0.3, -0.25) is 4.90 Å². The van der Waals surface area contributed by atoms with Gasteiger partial charge in [0, 0.05) is 31.0 Å². The van der Waals surface area contributed by atoms with Crippen LogP contribution in [-0.2, 0) is 24.2 Å². The van der Waals surface area contributed by atoms with Crippen molar-refractivity contribution in [3.63, 3.8) is 0 Å². The maximum absolute atomic E-state index is 5.79. The van der Waals surface area contributed by atoms with Gasteiger partial charge in [-0.05, 0) is 30.2 Å². The van der Waals surface area contributed by atoms with Gasteiger partial charge in [0.1, 0.15) is 0 Å². The maximum Gasteiger partial charge on any atom is 0.240 e. The molecule has 0 radical (unpaired) electrons. The lowest BCUT2D eigenvalue weighted by molar-refractivity contribution is 0.0644. The molecule has 0 aliphatic carbocycles. The van der Waals surface area contributed by atoms with Crippen LogP contribution in [0.3, 0.4) is 0 Å². The van der Waals surface area contributed by atoms with E-state index in [1.807, 2.05) is 0 Å². The molecule has 0 N–H and O–H groups in total. The lowest BCUT2D eigenvalue weighted by Gasteiger charge is -2.23. The van der Waals surface area contributed by atoms with Gasteiger partial charge in [0.2, 0.25) is 5.89 Å². The summed E-state index contributed by atoms with van der Waals surface area (Å²) in [5, 5.41) is 6.21. The van der Waals surface area contributed by atoms with E-state index in [2.05, 4.69) is 46.4 Å². The van der Waals surface area contributed by atoms with Gasteiger partial charge in [-0.2, -0.15) is 4.98 Å². The highest BCUT2D eigenvalue weighted by Crippen LogP contribution is 2.19. The van der Waals surface area contributed by atoms with E-state index in [1.54, 1.807) is 11.3 Å². The zero-order valence-corrected chi connectivity index (χ0v) is 14.7. The third kappa shape index (κ3) is 5.12. The standard InChI is InChI=1S/C17H25N3O2S/c1-13(2)9-16-18-17(22-19-16)12-20(10-14-5-3-7-21-14)11-15-6-4-8-23-15/h4,6,8,13-14H,3,5,7,9-12H2,1-2H3. The second kappa shape index (κ2) is 8.04. The lowest BCUT2D eigenvalue weighted by atomic mass is 10.1. The number of ether oxygens (including phenoxy) is 1. The molecule has 0 amide bonds. The molecule has 1 aliphatic heterocycles. The fourth-order valence-electron chi connectivity index (χ4n) is 2.88. The monoisotopic (exact) mass is 335 g/mol. The number of nitrogens with zero attached hydrogens (tertiary/aromatic N) is 3. The van der Waals surface area contributed by atoms with Gasteiger partial charge in [-0.25, -0.2) is 0 Å². The van der Waals surface area contributed by atoms with E-state index in [0.717, 1.165) is 44.8 Å². The summed E-state index contributed by atoms with van der Waals surface area (Å²) in [7, 11) is 0. The van der Waals surface area contributed by atoms with Crippen LogP contribution < -0.4 is 0 Å². The Hall–Kier alpha value is -1.24. The summed E-state index contributed by atoms with van der Waals surface area (Å²) in [4.78, 5) is 8.24. The van der Waals surface area contributed by atoms with E-state index in [4.69, 9.17) is 9.26 Å². The fourth-order valence-corrected chi connectivity index (χ4v) is 3.62. The summed E-state index contributed by atoms with van der Waals surface area (Å²) in [6.07, 6.45) is 3.49. The zero-order chi connectivity index (χ0) is 16.1. The van der Waals surface area contributed by atoms with Crippen LogP contribution in [0.1, 0.15) is 43.3 Å². The van der Waals surface area contributed by atoms with Gasteiger partial charge < -0.3 is 9.26 Å². The molecule has 5 nitrogen and oxygen atoms in total. The number of hydrogen-bond acceptors (Lipinski definition) is 6. The average molecular weight is 335 g/mol. The second-order valence-electron chi connectivity index (χ2n) is 6.59. The maximum atomic E-state index is 5.79. The number of rotatable bonds is 8. The Balaban J connectivity index is 1.63. The second-order valence-corrected chi connectivity index (χ2v) is 7.62. The summed E-state index contributed by atoms with van der Waals surface area (Å²) >= 11 is 1.78. The van der Waals surface area contributed by atoms with Crippen molar-refractivity contribution >= 4 is 11.3 Å². The Labute approximate surface area is 141 Å². The van der Waals surface area contributed by atoms with Crippen molar-refractivity contribution in [2.45, 2.75) is 52.3 Å². The highest BCUT2D eigenvalue weighted by molar-refractivity contribution is 7.09. The molecule has 1 saturated heterocycles. The average Bonchev–Trinajstić information content (AvgIpc) is 3.22. The molecule has 0 bridgehead atoms. The Morgan fingerprint density at radius 2 is 2.30 bits per heavy atom. The van der Waals surface area contributed by atoms with E-state index < -0.39 is 0 Å². The topological polar surface area (TPSA) is 51.4 Å². The SMILES string of the molecule is CC(C)Cc1noc(CN(Cc2cccs2)CC2CCCO2)n1. The number of thiophene rings is 1. The van der Waals surface area contributed by atoms with E-state index in [0.29, 0.717) is 24.5 Å². The Morgan fingerprint density at radius 1 is 1.39 bits per heavy atom. The van der Waals surface area contributed by atoms with E-state index in [-0.39, 0.29) is 0 Å². The minimum Gasteiger partial charge on any atom is -0.377 e. The van der Waals surface area contributed by atoms with Gasteiger partial charge in [0.15, 0.2) is 5.82 Å². The van der Waals surface area contributed by atoms with Crippen molar-refractivity contribution in [3.05, 3.63) is 34.1 Å². The lowest BCUT2D eigenvalue weighted by Crippen LogP contribution is -2.31. The Bertz CT molecular complexity index is 576. The molecule has 23 heavy (non-hydrogen) atoms. The first-order valence-corrected chi connectivity index (χ1v) is 9.25. The highest BCUT2D eigenvalue weighted by Gasteiger charge is 2.21. The third-order valence-electron chi connectivity index (χ3n) is 3.91. The van der Waals surface area contributed by atoms with Crippen molar-refractivity contribution in [2.24, 2.45) is 5.92 Å². The molecule has 1 fully saturated rings. The molecular formula is C17H25N3O2S. The van der Waals surface area contributed by atoms with Gasteiger partial charge in [0.05, 0.1) is 12.6 Å². The van der Waals surface area contributed by atoms with Gasteiger partial charge in [0.25, 0.3) is 0 Å². The highest BCUT2D eigenvalue weighted by atomic mass is 32.1. The Morgan fingerprint density at radius 3 is 3.00 bits per heavy atom. The molecule has 2 aromatic heterocycles. The predicted octanol–water partition coefficient (Wildman–Crippen LogP) is 3.51. The van der Waals surface area contributed by atoms with Crippen LogP contribution in [-0.4, -0.2) is 34.3 Å². The van der Waals surface area contributed by atoms with E-state index >= 15 is 0 Å². The summed E-state index contributed by atoms with van der Waals surface area (Å²) in [5.74, 6) is 2.05. The molecule has 3 heterocycles. The van der Waals surface area contributed by atoms with Crippen molar-refractivity contribution in [2.75, 3.05) is 13.2 Å². The van der Waals surface area contributed by atoms with Gasteiger partial charge >= 0.3 is 0 Å². The fraction of sp³-hybridized carbons (Fsp3) is 0.647. The summed E-state index contributed by atoms with van der Waals surface area (Å²) in [6.45, 7) is 7.71. The van der Waals surface area contributed by atoms with Crippen LogP contribution in [0, 0.1) is 5.92 Å². The van der Waals surface area contributed by atoms with Crippen LogP contribution in [0.15, 0.2) is 22.0 Å². The molecule has 0 spiro atoms. The Kier molecular flexibility index (Phi) is 5.80. The van der Waals surface area contributed by atoms with E-state index in [9.17, 15) is 0 Å². The van der Waals surface area contributed by atoms with Gasteiger partial charge in [-0.1, -0.05) is 25.1 Å². The first-order chi connectivity index (χ1) is 11.2. The molecule has 3 rings (SSSR count). The van der Waals surface area contributed by atoms with Crippen molar-refractivity contribution < 1.29 is 9.26 Å². The molecule has 2 aromatic rings. The van der Waals surface area contributed by atoms with Crippen molar-refractivity contribution in [1.82, 2.24) is 15.0 Å². The first-order valence-electron chi connectivity index (χ1n) is 8.37. The van der Waals surface area contributed by atoms with Gasteiger partial charge in [-0.15, -0.1) is 11.3 Å². The van der Waals surface area contributed by atoms with Crippen LogP contribution in [0.4, 0.5) is 0 Å². The quantitative estimate of drug-likeness (QED) is 0.739. The third-order valence-corrected chi connectivity index (χ3v) is 4.77. The van der Waals surface area contributed by atoms with E-state index in [1.165, 1.54) is 4.88 Å². The van der Waals surface area contributed by atoms with Crippen LogP contribution >= 0.6 is 11.3 Å². The molecule has 0 saturated carbocycles. The van der Waals surface area contributed by atoms with Crippen molar-refractivity contribution in [3.8, 4) is 0 Å². The molecule has 1 unspecified atom stereocenters. The zero-order valence-electron chi connectivity index (χ0n) is 13.9. The number of hydrogen-bond donors (Lipinski definition) is 0. The first kappa shape index (κ1) is 16.6. The summed E-state index contributed by atoms with van der Waals surface area (Å²) < 4.78 is 11.2. The largest absolute Gasteiger partial charge is 0.377 e. The summed E-state index contributed by atoms with van der Waals surface area (Å²) in [6, 6.07) is 4.27. The smallest absolute Gasteiger partial charge is 0.240 e. The minimum atomic E-state index is 0.327. The van der Waals surface area contributed by atoms with Crippen LogP contribution in [0.25, 0.3) is 0 Å². The minimum absolute atomic E-state index is 0.327. The molecule has 1 aliphatic rings. The molecule has 126 valence electrons. The normalized spacial score (nSPS) is 18.3. The predicted molar refractivity (Wildman–Crippen MR) is 90.2 cm³/mol. The number of aromatic nitrogens is 2. The van der Waals surface area contributed by atoms with Crippen LogP contribution in [0.2, 0.25) is 0 Å².